The molecule has 0 spiro atoms. The molecule has 0 aliphatic carbocycles. The van der Waals surface area contributed by atoms with E-state index in [1.807, 2.05) is 11.4 Å². The van der Waals surface area contributed by atoms with Gasteiger partial charge in [0.05, 0.1) is 5.25 Å². The predicted octanol–water partition coefficient (Wildman–Crippen LogP) is 2.32. The lowest BCUT2D eigenvalue weighted by atomic mass is 10.4. The summed E-state index contributed by atoms with van der Waals surface area (Å²) in [4.78, 5) is 0.999. The molecule has 0 saturated heterocycles. The SMILES string of the molecule is CCCNCC(C)S(=O)(=O)NCc1cc(Br)cs1. The molecule has 1 unspecified atom stereocenters. The van der Waals surface area contributed by atoms with E-state index in [4.69, 9.17) is 0 Å². The van der Waals surface area contributed by atoms with Crippen LogP contribution in [0.5, 0.6) is 0 Å². The summed E-state index contributed by atoms with van der Waals surface area (Å²) in [5.74, 6) is 0. The highest BCUT2D eigenvalue weighted by Crippen LogP contribution is 2.19. The van der Waals surface area contributed by atoms with Gasteiger partial charge in [0, 0.05) is 27.8 Å². The number of rotatable bonds is 8. The van der Waals surface area contributed by atoms with Crippen molar-refractivity contribution in [3.05, 3.63) is 20.8 Å². The first-order chi connectivity index (χ1) is 8.45. The largest absolute Gasteiger partial charge is 0.315 e. The normalized spacial score (nSPS) is 13.7. The number of thiophene rings is 1. The summed E-state index contributed by atoms with van der Waals surface area (Å²) in [6.45, 7) is 5.46. The highest BCUT2D eigenvalue weighted by molar-refractivity contribution is 9.10. The van der Waals surface area contributed by atoms with Gasteiger partial charge in [0.25, 0.3) is 0 Å². The summed E-state index contributed by atoms with van der Waals surface area (Å²) >= 11 is 4.88. The molecule has 1 aromatic heterocycles. The summed E-state index contributed by atoms with van der Waals surface area (Å²) in [5, 5.41) is 4.64. The van der Waals surface area contributed by atoms with Crippen molar-refractivity contribution in [3.8, 4) is 0 Å². The Balaban J connectivity index is 2.43. The maximum absolute atomic E-state index is 11.9. The Labute approximate surface area is 121 Å². The molecule has 0 aliphatic heterocycles. The Morgan fingerprint density at radius 2 is 2.22 bits per heavy atom. The Bertz CT molecular complexity index is 459. The monoisotopic (exact) mass is 354 g/mol. The molecule has 104 valence electrons. The number of sulfonamides is 1. The third-order valence-electron chi connectivity index (χ3n) is 2.46. The Morgan fingerprint density at radius 1 is 1.50 bits per heavy atom. The standard InChI is InChI=1S/C11H19BrN2O2S2/c1-3-4-13-6-9(2)18(15,16)14-7-11-5-10(12)8-17-11/h5,8-9,13-14H,3-4,6-7H2,1-2H3. The van der Waals surface area contributed by atoms with Crippen molar-refractivity contribution in [2.45, 2.75) is 32.1 Å². The van der Waals surface area contributed by atoms with Crippen LogP contribution in [0.1, 0.15) is 25.1 Å². The Hall–Kier alpha value is 0.0500. The summed E-state index contributed by atoms with van der Waals surface area (Å²) in [7, 11) is -3.25. The zero-order chi connectivity index (χ0) is 13.6. The van der Waals surface area contributed by atoms with E-state index in [2.05, 4.69) is 32.9 Å². The molecule has 1 atom stereocenters. The smallest absolute Gasteiger partial charge is 0.215 e. The van der Waals surface area contributed by atoms with Crippen molar-refractivity contribution >= 4 is 37.3 Å². The highest BCUT2D eigenvalue weighted by Gasteiger charge is 2.19. The van der Waals surface area contributed by atoms with Crippen LogP contribution in [0.4, 0.5) is 0 Å². The Morgan fingerprint density at radius 3 is 2.78 bits per heavy atom. The van der Waals surface area contributed by atoms with Crippen LogP contribution in [-0.2, 0) is 16.6 Å². The second-order valence-electron chi connectivity index (χ2n) is 4.11. The zero-order valence-corrected chi connectivity index (χ0v) is 13.8. The van der Waals surface area contributed by atoms with Crippen LogP contribution in [0.25, 0.3) is 0 Å². The van der Waals surface area contributed by atoms with E-state index in [-0.39, 0.29) is 0 Å². The molecular weight excluding hydrogens is 336 g/mol. The van der Waals surface area contributed by atoms with Gasteiger partial charge in [-0.3, -0.25) is 0 Å². The van der Waals surface area contributed by atoms with Gasteiger partial charge in [-0.2, -0.15) is 0 Å². The molecule has 0 amide bonds. The number of hydrogen-bond donors (Lipinski definition) is 2. The number of halogens is 1. The second kappa shape index (κ2) is 7.59. The van der Waals surface area contributed by atoms with Crippen LogP contribution in [0.15, 0.2) is 15.9 Å². The lowest BCUT2D eigenvalue weighted by Gasteiger charge is -2.14. The fourth-order valence-electron chi connectivity index (χ4n) is 1.35. The van der Waals surface area contributed by atoms with E-state index < -0.39 is 15.3 Å². The van der Waals surface area contributed by atoms with Crippen LogP contribution in [-0.4, -0.2) is 26.8 Å². The second-order valence-corrected chi connectivity index (χ2v) is 8.21. The van der Waals surface area contributed by atoms with Gasteiger partial charge in [-0.15, -0.1) is 11.3 Å². The van der Waals surface area contributed by atoms with Crippen molar-refractivity contribution in [2.75, 3.05) is 13.1 Å². The van der Waals surface area contributed by atoms with E-state index in [1.54, 1.807) is 6.92 Å². The molecule has 0 saturated carbocycles. The molecule has 1 rings (SSSR count). The molecule has 1 heterocycles. The molecule has 0 radical (unpaired) electrons. The van der Waals surface area contributed by atoms with Gasteiger partial charge in [0.2, 0.25) is 10.0 Å². The first kappa shape index (κ1) is 16.1. The lowest BCUT2D eigenvalue weighted by Crippen LogP contribution is -2.38. The molecule has 18 heavy (non-hydrogen) atoms. The van der Waals surface area contributed by atoms with E-state index in [9.17, 15) is 8.42 Å². The van der Waals surface area contributed by atoms with Crippen LogP contribution >= 0.6 is 27.3 Å². The van der Waals surface area contributed by atoms with E-state index >= 15 is 0 Å². The van der Waals surface area contributed by atoms with Crippen molar-refractivity contribution < 1.29 is 8.42 Å². The summed E-state index contributed by atoms with van der Waals surface area (Å²) in [5.41, 5.74) is 0. The van der Waals surface area contributed by atoms with Gasteiger partial charge in [-0.25, -0.2) is 13.1 Å². The molecule has 2 N–H and O–H groups in total. The summed E-state index contributed by atoms with van der Waals surface area (Å²) in [6, 6.07) is 1.92. The van der Waals surface area contributed by atoms with Crippen molar-refractivity contribution in [3.63, 3.8) is 0 Å². The maximum Gasteiger partial charge on any atom is 0.215 e. The first-order valence-electron chi connectivity index (χ1n) is 5.87. The molecule has 0 aliphatic rings. The van der Waals surface area contributed by atoms with Crippen molar-refractivity contribution in [1.82, 2.24) is 10.0 Å². The zero-order valence-electron chi connectivity index (χ0n) is 10.6. The number of nitrogens with one attached hydrogen (secondary N) is 2. The average Bonchev–Trinajstić information content (AvgIpc) is 2.73. The minimum Gasteiger partial charge on any atom is -0.315 e. The van der Waals surface area contributed by atoms with Gasteiger partial charge in [-0.1, -0.05) is 6.92 Å². The molecular formula is C11H19BrN2O2S2. The van der Waals surface area contributed by atoms with Gasteiger partial charge in [-0.05, 0) is 41.9 Å². The molecule has 1 aromatic rings. The lowest BCUT2D eigenvalue weighted by molar-refractivity contribution is 0.557. The summed E-state index contributed by atoms with van der Waals surface area (Å²) < 4.78 is 27.5. The van der Waals surface area contributed by atoms with E-state index in [0.29, 0.717) is 13.1 Å². The topological polar surface area (TPSA) is 58.2 Å². The number of hydrogen-bond acceptors (Lipinski definition) is 4. The van der Waals surface area contributed by atoms with Crippen molar-refractivity contribution in [1.29, 1.82) is 0 Å². The summed E-state index contributed by atoms with van der Waals surface area (Å²) in [6.07, 6.45) is 1.00. The maximum atomic E-state index is 11.9. The van der Waals surface area contributed by atoms with E-state index in [0.717, 1.165) is 22.3 Å². The van der Waals surface area contributed by atoms with E-state index in [1.165, 1.54) is 11.3 Å². The van der Waals surface area contributed by atoms with Crippen LogP contribution in [0, 0.1) is 0 Å². The minimum atomic E-state index is -3.25. The fraction of sp³-hybridized carbons (Fsp3) is 0.636. The third kappa shape index (κ3) is 5.36. The minimum absolute atomic E-state index is 0.358. The quantitative estimate of drug-likeness (QED) is 0.704. The van der Waals surface area contributed by atoms with Crippen LogP contribution in [0.2, 0.25) is 0 Å². The van der Waals surface area contributed by atoms with Crippen LogP contribution < -0.4 is 10.0 Å². The molecule has 0 bridgehead atoms. The molecule has 0 aromatic carbocycles. The predicted molar refractivity (Wildman–Crippen MR) is 80.4 cm³/mol. The third-order valence-corrected chi connectivity index (χ3v) is 5.93. The van der Waals surface area contributed by atoms with Gasteiger partial charge in [0.1, 0.15) is 0 Å². The Kier molecular flexibility index (Phi) is 6.79. The van der Waals surface area contributed by atoms with Gasteiger partial charge < -0.3 is 5.32 Å². The molecule has 7 heteroatoms. The highest BCUT2D eigenvalue weighted by atomic mass is 79.9. The molecule has 4 nitrogen and oxygen atoms in total. The molecule has 0 fully saturated rings. The van der Waals surface area contributed by atoms with Crippen LogP contribution in [0.3, 0.4) is 0 Å². The average molecular weight is 355 g/mol. The van der Waals surface area contributed by atoms with Crippen molar-refractivity contribution in [2.24, 2.45) is 0 Å². The first-order valence-corrected chi connectivity index (χ1v) is 9.09. The fourth-order valence-corrected chi connectivity index (χ4v) is 3.81. The van der Waals surface area contributed by atoms with Gasteiger partial charge >= 0.3 is 0 Å². The van der Waals surface area contributed by atoms with Gasteiger partial charge in [0.15, 0.2) is 0 Å².